The molecule has 8 nitrogen and oxygen atoms in total. The molecule has 0 saturated heterocycles. The SMILES string of the molecule is CCc1ccc(-c2c(C#N)c(N)nc(SC(CC)C(=O)Nc3cc(C(=O)O)ccc3Cl)c2C#N)cc1. The van der Waals surface area contributed by atoms with Crippen LogP contribution in [0.15, 0.2) is 47.5 Å². The Bertz CT molecular complexity index is 1410. The summed E-state index contributed by atoms with van der Waals surface area (Å²) in [6.07, 6.45) is 1.20. The van der Waals surface area contributed by atoms with Crippen LogP contribution in [0.5, 0.6) is 0 Å². The van der Waals surface area contributed by atoms with Crippen LogP contribution in [0.1, 0.15) is 47.3 Å². The van der Waals surface area contributed by atoms with Crippen molar-refractivity contribution in [2.24, 2.45) is 0 Å². The van der Waals surface area contributed by atoms with Crippen molar-refractivity contribution in [3.8, 4) is 23.3 Å². The first-order chi connectivity index (χ1) is 17.2. The standard InChI is InChI=1S/C26H22ClN5O3S/c1-3-14-5-7-15(8-6-14)22-17(12-28)23(30)32-25(18(22)13-29)36-21(4-2)24(33)31-20-11-16(26(34)35)9-10-19(20)27/h5-11,21H,3-4H2,1-2H3,(H2,30,32)(H,31,33)(H,34,35). The van der Waals surface area contributed by atoms with E-state index in [1.54, 1.807) is 6.92 Å². The molecule has 1 unspecified atom stereocenters. The van der Waals surface area contributed by atoms with Gasteiger partial charge in [0.05, 0.1) is 27.1 Å². The number of aryl methyl sites for hydroxylation is 1. The van der Waals surface area contributed by atoms with E-state index in [0.717, 1.165) is 23.7 Å². The predicted octanol–water partition coefficient (Wildman–Crippen LogP) is 5.50. The van der Waals surface area contributed by atoms with Gasteiger partial charge in [-0.05, 0) is 42.2 Å². The van der Waals surface area contributed by atoms with Crippen molar-refractivity contribution in [3.63, 3.8) is 0 Å². The molecule has 10 heteroatoms. The number of halogens is 1. The molecule has 36 heavy (non-hydrogen) atoms. The van der Waals surface area contributed by atoms with Gasteiger partial charge in [-0.15, -0.1) is 0 Å². The summed E-state index contributed by atoms with van der Waals surface area (Å²) in [5.41, 5.74) is 8.58. The minimum atomic E-state index is -1.15. The number of amides is 1. The molecule has 1 aromatic heterocycles. The molecule has 1 atom stereocenters. The summed E-state index contributed by atoms with van der Waals surface area (Å²) >= 11 is 7.19. The van der Waals surface area contributed by atoms with Crippen LogP contribution >= 0.6 is 23.4 Å². The fraction of sp³-hybridized carbons (Fsp3) is 0.192. The summed E-state index contributed by atoms with van der Waals surface area (Å²) in [6, 6.07) is 15.7. The van der Waals surface area contributed by atoms with E-state index in [9.17, 15) is 25.2 Å². The van der Waals surface area contributed by atoms with Crippen molar-refractivity contribution >= 4 is 46.7 Å². The Hall–Kier alpha value is -4.05. The van der Waals surface area contributed by atoms with E-state index < -0.39 is 17.1 Å². The molecule has 3 aromatic rings. The third kappa shape index (κ3) is 5.60. The van der Waals surface area contributed by atoms with Crippen molar-refractivity contribution in [3.05, 3.63) is 69.7 Å². The molecule has 0 fully saturated rings. The van der Waals surface area contributed by atoms with Crippen molar-refractivity contribution in [2.45, 2.75) is 37.0 Å². The van der Waals surface area contributed by atoms with E-state index in [4.69, 9.17) is 17.3 Å². The Labute approximate surface area is 217 Å². The Morgan fingerprint density at radius 2 is 1.81 bits per heavy atom. The van der Waals surface area contributed by atoms with Crippen molar-refractivity contribution in [1.82, 2.24) is 4.98 Å². The highest BCUT2D eigenvalue weighted by atomic mass is 35.5. The van der Waals surface area contributed by atoms with Gasteiger partial charge in [-0.25, -0.2) is 9.78 Å². The molecular formula is C26H22ClN5O3S. The number of carboxylic acids is 1. The number of pyridine rings is 1. The van der Waals surface area contributed by atoms with E-state index in [2.05, 4.69) is 16.4 Å². The fourth-order valence-electron chi connectivity index (χ4n) is 3.50. The number of aromatic carboxylic acids is 1. The molecule has 182 valence electrons. The van der Waals surface area contributed by atoms with E-state index in [-0.39, 0.29) is 38.2 Å². The number of carbonyl (C=O) groups excluding carboxylic acids is 1. The Balaban J connectivity index is 2.01. The first-order valence-corrected chi connectivity index (χ1v) is 12.2. The van der Waals surface area contributed by atoms with Crippen LogP contribution in [0.2, 0.25) is 5.02 Å². The maximum Gasteiger partial charge on any atom is 0.335 e. The number of nitrogens with one attached hydrogen (secondary N) is 1. The molecule has 0 bridgehead atoms. The molecule has 4 N–H and O–H groups in total. The average molecular weight is 520 g/mol. The second-order valence-corrected chi connectivity index (χ2v) is 9.30. The van der Waals surface area contributed by atoms with Crippen LogP contribution in [0, 0.1) is 22.7 Å². The number of benzene rings is 2. The molecule has 0 aliphatic heterocycles. The lowest BCUT2D eigenvalue weighted by Crippen LogP contribution is -2.25. The number of anilines is 2. The lowest BCUT2D eigenvalue weighted by Gasteiger charge is -2.18. The van der Waals surface area contributed by atoms with Gasteiger partial charge >= 0.3 is 5.97 Å². The lowest BCUT2D eigenvalue weighted by molar-refractivity contribution is -0.115. The van der Waals surface area contributed by atoms with Gasteiger partial charge in [0.15, 0.2) is 0 Å². The number of nitrogens with two attached hydrogens (primary N) is 1. The summed E-state index contributed by atoms with van der Waals surface area (Å²) in [5, 5.41) is 31.3. The van der Waals surface area contributed by atoms with Crippen molar-refractivity contribution < 1.29 is 14.7 Å². The Morgan fingerprint density at radius 1 is 1.14 bits per heavy atom. The van der Waals surface area contributed by atoms with Gasteiger partial charge in [0.2, 0.25) is 5.91 Å². The van der Waals surface area contributed by atoms with Gasteiger partial charge in [0, 0.05) is 5.56 Å². The second kappa shape index (κ2) is 11.6. The third-order valence-corrected chi connectivity index (χ3v) is 7.13. The first-order valence-electron chi connectivity index (χ1n) is 11.0. The minimum absolute atomic E-state index is 0.0255. The van der Waals surface area contributed by atoms with Gasteiger partial charge in [0.25, 0.3) is 0 Å². The summed E-state index contributed by atoms with van der Waals surface area (Å²) < 4.78 is 0. The summed E-state index contributed by atoms with van der Waals surface area (Å²) in [5.74, 6) is -1.64. The summed E-state index contributed by atoms with van der Waals surface area (Å²) in [7, 11) is 0. The highest BCUT2D eigenvalue weighted by Gasteiger charge is 2.26. The number of hydrogen-bond donors (Lipinski definition) is 3. The largest absolute Gasteiger partial charge is 0.478 e. The quantitative estimate of drug-likeness (QED) is 0.330. The smallest absolute Gasteiger partial charge is 0.335 e. The highest BCUT2D eigenvalue weighted by molar-refractivity contribution is 8.00. The van der Waals surface area contributed by atoms with Crippen LogP contribution in [-0.2, 0) is 11.2 Å². The molecule has 0 aliphatic carbocycles. The Morgan fingerprint density at radius 3 is 2.36 bits per heavy atom. The van der Waals surface area contributed by atoms with Gasteiger partial charge in [-0.1, -0.05) is 61.5 Å². The van der Waals surface area contributed by atoms with E-state index >= 15 is 0 Å². The summed E-state index contributed by atoms with van der Waals surface area (Å²) in [6.45, 7) is 3.81. The average Bonchev–Trinajstić information content (AvgIpc) is 2.87. The second-order valence-electron chi connectivity index (χ2n) is 7.71. The van der Waals surface area contributed by atoms with Crippen LogP contribution in [-0.4, -0.2) is 27.2 Å². The number of nitrogen functional groups attached to an aromatic ring is 1. The molecule has 2 aromatic carbocycles. The molecule has 0 aliphatic rings. The van der Waals surface area contributed by atoms with E-state index in [1.807, 2.05) is 37.3 Å². The number of rotatable bonds is 8. The molecule has 1 heterocycles. The maximum absolute atomic E-state index is 13.1. The van der Waals surface area contributed by atoms with E-state index in [1.165, 1.54) is 18.2 Å². The number of nitriles is 2. The van der Waals surface area contributed by atoms with Gasteiger partial charge < -0.3 is 16.2 Å². The first kappa shape index (κ1) is 26.6. The van der Waals surface area contributed by atoms with Crippen LogP contribution in [0.25, 0.3) is 11.1 Å². The van der Waals surface area contributed by atoms with Crippen molar-refractivity contribution in [1.29, 1.82) is 10.5 Å². The highest BCUT2D eigenvalue weighted by Crippen LogP contribution is 2.38. The number of thioether (sulfide) groups is 1. The van der Waals surface area contributed by atoms with Crippen LogP contribution < -0.4 is 11.1 Å². The normalized spacial score (nSPS) is 11.2. The van der Waals surface area contributed by atoms with Gasteiger partial charge in [-0.2, -0.15) is 10.5 Å². The molecule has 3 rings (SSSR count). The minimum Gasteiger partial charge on any atom is -0.478 e. The van der Waals surface area contributed by atoms with Gasteiger partial charge in [-0.3, -0.25) is 4.79 Å². The molecule has 0 saturated carbocycles. The van der Waals surface area contributed by atoms with Crippen LogP contribution in [0.4, 0.5) is 11.5 Å². The number of nitrogens with zero attached hydrogens (tertiary/aromatic N) is 3. The zero-order chi connectivity index (χ0) is 26.4. The molecule has 0 spiro atoms. The van der Waals surface area contributed by atoms with Crippen molar-refractivity contribution in [2.75, 3.05) is 11.1 Å². The summed E-state index contributed by atoms with van der Waals surface area (Å²) in [4.78, 5) is 28.6. The van der Waals surface area contributed by atoms with Gasteiger partial charge in [0.1, 0.15) is 28.5 Å². The Kier molecular flexibility index (Phi) is 8.55. The topological polar surface area (TPSA) is 153 Å². The third-order valence-electron chi connectivity index (χ3n) is 5.45. The predicted molar refractivity (Wildman–Crippen MR) is 140 cm³/mol. The number of carbonyl (C=O) groups is 2. The number of aromatic nitrogens is 1. The fourth-order valence-corrected chi connectivity index (χ4v) is 4.69. The number of hydrogen-bond acceptors (Lipinski definition) is 7. The molecule has 1 amide bonds. The molecule has 0 radical (unpaired) electrons. The monoisotopic (exact) mass is 519 g/mol. The molecular weight excluding hydrogens is 498 g/mol. The van der Waals surface area contributed by atoms with Crippen LogP contribution in [0.3, 0.4) is 0 Å². The zero-order valence-electron chi connectivity index (χ0n) is 19.5. The maximum atomic E-state index is 13.1. The lowest BCUT2D eigenvalue weighted by atomic mass is 9.96. The number of carboxylic acid groups (broad SMARTS) is 1. The zero-order valence-corrected chi connectivity index (χ0v) is 21.1. The van der Waals surface area contributed by atoms with E-state index in [0.29, 0.717) is 17.5 Å².